The molecule has 0 bridgehead atoms. The van der Waals surface area contributed by atoms with Crippen molar-refractivity contribution in [2.45, 2.75) is 60.3 Å². The maximum atomic E-state index is 4.68. The number of H-pyrrole nitrogens is 1. The molecular weight excluding hydrogens is 468 g/mol. The summed E-state index contributed by atoms with van der Waals surface area (Å²) in [7, 11) is 0. The highest BCUT2D eigenvalue weighted by molar-refractivity contribution is 6.08. The van der Waals surface area contributed by atoms with E-state index in [2.05, 4.69) is 112 Å². The topological polar surface area (TPSA) is 69.7 Å². The van der Waals surface area contributed by atoms with Crippen LogP contribution in [0.5, 0.6) is 0 Å². The second-order valence-electron chi connectivity index (χ2n) is 9.78. The molecule has 0 fully saturated rings. The van der Waals surface area contributed by atoms with E-state index < -0.39 is 0 Å². The van der Waals surface area contributed by atoms with Crippen LogP contribution in [-0.4, -0.2) is 33.0 Å². The number of aromatic nitrogens is 4. The van der Waals surface area contributed by atoms with Gasteiger partial charge in [0.15, 0.2) is 0 Å². The molecular formula is C32H40N6. The lowest BCUT2D eigenvalue weighted by Gasteiger charge is -2.21. The Morgan fingerprint density at radius 1 is 0.737 bits per heavy atom. The highest BCUT2D eigenvalue weighted by Gasteiger charge is 2.12. The average molecular weight is 509 g/mol. The van der Waals surface area contributed by atoms with Crippen LogP contribution in [0.4, 0.5) is 17.6 Å². The van der Waals surface area contributed by atoms with Gasteiger partial charge in [0.2, 0.25) is 11.9 Å². The molecule has 0 radical (unpaired) electrons. The second-order valence-corrected chi connectivity index (χ2v) is 9.78. The summed E-state index contributed by atoms with van der Waals surface area (Å²) in [5.41, 5.74) is 6.03. The van der Waals surface area contributed by atoms with Gasteiger partial charge in [0, 0.05) is 40.6 Å². The SMILES string of the molecule is CCCN(CCC)c1nc(C)nc(Nc2ccc3[nH]c4ccccc4c3c2)n1.CCCc1ccc(C)cc1. The molecule has 6 nitrogen and oxygen atoms in total. The minimum absolute atomic E-state index is 0.582. The molecule has 5 rings (SSSR count). The highest BCUT2D eigenvalue weighted by atomic mass is 15.3. The summed E-state index contributed by atoms with van der Waals surface area (Å²) >= 11 is 0. The van der Waals surface area contributed by atoms with Crippen LogP contribution in [0, 0.1) is 13.8 Å². The van der Waals surface area contributed by atoms with Crippen LogP contribution in [-0.2, 0) is 6.42 Å². The Hall–Kier alpha value is -3.93. The third-order valence-corrected chi connectivity index (χ3v) is 6.43. The molecule has 0 unspecified atom stereocenters. The molecule has 3 aromatic carbocycles. The fourth-order valence-electron chi connectivity index (χ4n) is 4.62. The van der Waals surface area contributed by atoms with Crippen LogP contribution < -0.4 is 10.2 Å². The molecule has 2 N–H and O–H groups in total. The largest absolute Gasteiger partial charge is 0.355 e. The number of aryl methyl sites for hydroxylation is 3. The van der Waals surface area contributed by atoms with E-state index >= 15 is 0 Å². The van der Waals surface area contributed by atoms with Crippen molar-refractivity contribution < 1.29 is 0 Å². The number of aromatic amines is 1. The first-order valence-electron chi connectivity index (χ1n) is 13.8. The lowest BCUT2D eigenvalue weighted by molar-refractivity contribution is 0.715. The molecule has 0 amide bonds. The maximum Gasteiger partial charge on any atom is 0.232 e. The number of benzene rings is 3. The first kappa shape index (κ1) is 27.1. The first-order chi connectivity index (χ1) is 18.5. The number of fused-ring (bicyclic) bond motifs is 3. The molecule has 0 saturated heterocycles. The lowest BCUT2D eigenvalue weighted by Crippen LogP contribution is -2.27. The molecule has 0 atom stereocenters. The molecule has 0 saturated carbocycles. The monoisotopic (exact) mass is 508 g/mol. The first-order valence-corrected chi connectivity index (χ1v) is 13.8. The summed E-state index contributed by atoms with van der Waals surface area (Å²) in [4.78, 5) is 19.4. The van der Waals surface area contributed by atoms with Crippen LogP contribution in [0.1, 0.15) is 57.0 Å². The summed E-state index contributed by atoms with van der Waals surface area (Å²) in [6.45, 7) is 12.5. The van der Waals surface area contributed by atoms with Gasteiger partial charge in [0.05, 0.1) is 0 Å². The van der Waals surface area contributed by atoms with Crippen LogP contribution in [0.3, 0.4) is 0 Å². The Morgan fingerprint density at radius 3 is 2.16 bits per heavy atom. The van der Waals surface area contributed by atoms with Crippen molar-refractivity contribution in [3.8, 4) is 0 Å². The number of hydrogen-bond acceptors (Lipinski definition) is 5. The summed E-state index contributed by atoms with van der Waals surface area (Å²) in [6.07, 6.45) is 4.57. The van der Waals surface area contributed by atoms with Gasteiger partial charge < -0.3 is 15.2 Å². The van der Waals surface area contributed by atoms with Crippen molar-refractivity contribution in [1.82, 2.24) is 19.9 Å². The van der Waals surface area contributed by atoms with E-state index in [1.807, 2.05) is 19.1 Å². The van der Waals surface area contributed by atoms with E-state index in [-0.39, 0.29) is 0 Å². The van der Waals surface area contributed by atoms with Gasteiger partial charge in [-0.3, -0.25) is 0 Å². The van der Waals surface area contributed by atoms with Crippen LogP contribution in [0.25, 0.3) is 21.8 Å². The zero-order valence-corrected chi connectivity index (χ0v) is 23.4. The van der Waals surface area contributed by atoms with Gasteiger partial charge in [-0.15, -0.1) is 0 Å². The van der Waals surface area contributed by atoms with Crippen molar-refractivity contribution >= 4 is 39.4 Å². The van der Waals surface area contributed by atoms with Crippen molar-refractivity contribution in [3.05, 3.63) is 83.7 Å². The van der Waals surface area contributed by atoms with E-state index in [1.165, 1.54) is 34.7 Å². The van der Waals surface area contributed by atoms with Gasteiger partial charge in [-0.25, -0.2) is 0 Å². The standard InChI is InChI=1S/C22H26N6.C10H14/c1-4-12-28(13-5-2)22-24-15(3)23-21(27-22)25-16-10-11-20-18(14-16)17-8-6-7-9-19(17)26-20;1-3-4-10-7-5-9(2)6-8-10/h6-11,14,26H,4-5,12-13H2,1-3H3,(H,23,24,25,27);5-8H,3-4H2,1-2H3. The predicted octanol–water partition coefficient (Wildman–Crippen LogP) is 8.13. The maximum absolute atomic E-state index is 4.68. The zero-order valence-electron chi connectivity index (χ0n) is 23.4. The molecule has 0 aliphatic rings. The van der Waals surface area contributed by atoms with Gasteiger partial charge in [-0.2, -0.15) is 15.0 Å². The van der Waals surface area contributed by atoms with E-state index in [4.69, 9.17) is 0 Å². The predicted molar refractivity (Wildman–Crippen MR) is 162 cm³/mol. The summed E-state index contributed by atoms with van der Waals surface area (Å²) < 4.78 is 0. The van der Waals surface area contributed by atoms with Gasteiger partial charge in [-0.1, -0.05) is 75.2 Å². The van der Waals surface area contributed by atoms with Gasteiger partial charge in [-0.05, 0) is 62.9 Å². The quantitative estimate of drug-likeness (QED) is 0.210. The Morgan fingerprint density at radius 2 is 1.45 bits per heavy atom. The third kappa shape index (κ3) is 6.88. The number of nitrogens with zero attached hydrogens (tertiary/aromatic N) is 4. The Labute approximate surface area is 226 Å². The molecule has 0 spiro atoms. The Bertz CT molecular complexity index is 1450. The Kier molecular flexibility index (Phi) is 9.30. The molecule has 38 heavy (non-hydrogen) atoms. The summed E-state index contributed by atoms with van der Waals surface area (Å²) in [6, 6.07) is 23.4. The number of rotatable bonds is 9. The van der Waals surface area contributed by atoms with Gasteiger partial charge in [0.25, 0.3) is 0 Å². The van der Waals surface area contributed by atoms with Gasteiger partial charge in [0.1, 0.15) is 5.82 Å². The Balaban J connectivity index is 0.000000283. The smallest absolute Gasteiger partial charge is 0.232 e. The molecule has 0 aliphatic heterocycles. The summed E-state index contributed by atoms with van der Waals surface area (Å²) in [5, 5.41) is 5.77. The molecule has 2 heterocycles. The molecule has 198 valence electrons. The molecule has 0 aliphatic carbocycles. The number of anilines is 3. The van der Waals surface area contributed by atoms with E-state index in [0.29, 0.717) is 5.95 Å². The number of para-hydroxylation sites is 1. The third-order valence-electron chi connectivity index (χ3n) is 6.43. The van der Waals surface area contributed by atoms with Crippen LogP contribution in [0.2, 0.25) is 0 Å². The zero-order chi connectivity index (χ0) is 26.9. The van der Waals surface area contributed by atoms with Gasteiger partial charge >= 0.3 is 0 Å². The minimum Gasteiger partial charge on any atom is -0.355 e. The minimum atomic E-state index is 0.582. The highest BCUT2D eigenvalue weighted by Crippen LogP contribution is 2.28. The van der Waals surface area contributed by atoms with Crippen molar-refractivity contribution in [2.24, 2.45) is 0 Å². The number of hydrogen-bond donors (Lipinski definition) is 2. The van der Waals surface area contributed by atoms with Crippen LogP contribution in [0.15, 0.2) is 66.7 Å². The van der Waals surface area contributed by atoms with Crippen molar-refractivity contribution in [1.29, 1.82) is 0 Å². The molecule has 6 heteroatoms. The van der Waals surface area contributed by atoms with E-state index in [0.717, 1.165) is 54.4 Å². The van der Waals surface area contributed by atoms with Crippen LogP contribution >= 0.6 is 0 Å². The fraction of sp³-hybridized carbons (Fsp3) is 0.344. The van der Waals surface area contributed by atoms with Crippen molar-refractivity contribution in [3.63, 3.8) is 0 Å². The average Bonchev–Trinajstić information content (AvgIpc) is 3.28. The van der Waals surface area contributed by atoms with Crippen molar-refractivity contribution in [2.75, 3.05) is 23.3 Å². The van der Waals surface area contributed by atoms with E-state index in [1.54, 1.807) is 0 Å². The fourth-order valence-corrected chi connectivity index (χ4v) is 4.62. The molecule has 5 aromatic rings. The van der Waals surface area contributed by atoms with E-state index in [9.17, 15) is 0 Å². The normalized spacial score (nSPS) is 10.9. The number of nitrogens with one attached hydrogen (secondary N) is 2. The lowest BCUT2D eigenvalue weighted by atomic mass is 10.1. The summed E-state index contributed by atoms with van der Waals surface area (Å²) in [5.74, 6) is 2.05. The second kappa shape index (κ2) is 13.0. The molecule has 2 aromatic heterocycles.